The molecule has 108 valence electrons. The van der Waals surface area contributed by atoms with Gasteiger partial charge in [-0.3, -0.25) is 4.90 Å². The Kier molecular flexibility index (Phi) is 6.69. The first-order chi connectivity index (χ1) is 8.74. The molecule has 0 amide bonds. The first-order valence-electron chi connectivity index (χ1n) is 6.62. The van der Waals surface area contributed by atoms with E-state index in [1.165, 1.54) is 18.2 Å². The van der Waals surface area contributed by atoms with Gasteiger partial charge in [-0.15, -0.1) is 12.4 Å². The van der Waals surface area contributed by atoms with E-state index in [0.29, 0.717) is 0 Å². The van der Waals surface area contributed by atoms with Gasteiger partial charge in [0.25, 0.3) is 0 Å². The maximum absolute atomic E-state index is 13.9. The van der Waals surface area contributed by atoms with Crippen LogP contribution in [-0.4, -0.2) is 31.1 Å². The molecule has 1 aromatic rings. The molecule has 0 spiro atoms. The third kappa shape index (κ3) is 3.88. The van der Waals surface area contributed by atoms with Crippen LogP contribution >= 0.6 is 12.4 Å². The van der Waals surface area contributed by atoms with Crippen molar-refractivity contribution in [3.63, 3.8) is 0 Å². The number of nitrogens with one attached hydrogen (secondary N) is 1. The molecule has 0 aromatic heterocycles. The summed E-state index contributed by atoms with van der Waals surface area (Å²) in [5, 5.41) is 3.26. The first-order valence-corrected chi connectivity index (χ1v) is 6.62. The predicted octanol–water partition coefficient (Wildman–Crippen LogP) is 3.13. The molecule has 0 radical (unpaired) electrons. The normalized spacial score (nSPS) is 17.8. The van der Waals surface area contributed by atoms with Gasteiger partial charge < -0.3 is 5.32 Å². The molecule has 1 aliphatic rings. The maximum atomic E-state index is 13.9. The van der Waals surface area contributed by atoms with E-state index in [1.807, 2.05) is 6.92 Å². The van der Waals surface area contributed by atoms with Crippen LogP contribution < -0.4 is 5.32 Å². The Labute approximate surface area is 119 Å². The van der Waals surface area contributed by atoms with E-state index in [1.54, 1.807) is 0 Å². The second-order valence-electron chi connectivity index (χ2n) is 4.73. The van der Waals surface area contributed by atoms with Crippen molar-refractivity contribution in [3.8, 4) is 0 Å². The Bertz CT molecular complexity index is 375. The molecule has 2 nitrogen and oxygen atoms in total. The summed E-state index contributed by atoms with van der Waals surface area (Å²) >= 11 is 0. The molecule has 0 bridgehead atoms. The molecule has 1 saturated heterocycles. The fourth-order valence-electron chi connectivity index (χ4n) is 2.61. The Morgan fingerprint density at radius 3 is 2.32 bits per heavy atom. The zero-order valence-electron chi connectivity index (χ0n) is 11.2. The molecular weight excluding hydrogens is 270 g/mol. The van der Waals surface area contributed by atoms with Gasteiger partial charge in [0.15, 0.2) is 0 Å². The Balaban J connectivity index is 0.00000180. The standard InChI is InChI=1S/C14H20F2N2.ClH/c1-2-4-13(18-9-7-17-8-10-18)14-11(15)5-3-6-12(14)16;/h3,5-6,13,17H,2,4,7-10H2,1H3;1H/t13-;/m0./s1. The van der Waals surface area contributed by atoms with Gasteiger partial charge in [-0.05, 0) is 18.6 Å². The molecule has 2 rings (SSSR count). The average molecular weight is 291 g/mol. The average Bonchev–Trinajstić information content (AvgIpc) is 2.38. The molecule has 1 atom stereocenters. The molecule has 5 heteroatoms. The highest BCUT2D eigenvalue weighted by atomic mass is 35.5. The summed E-state index contributed by atoms with van der Waals surface area (Å²) in [5.41, 5.74) is 0.237. The SMILES string of the molecule is CCC[C@@H](c1c(F)cccc1F)N1CCNCC1.Cl. The number of piperazine rings is 1. The lowest BCUT2D eigenvalue weighted by atomic mass is 9.98. The highest BCUT2D eigenvalue weighted by molar-refractivity contribution is 5.85. The number of hydrogen-bond acceptors (Lipinski definition) is 2. The first kappa shape index (κ1) is 16.3. The smallest absolute Gasteiger partial charge is 0.130 e. The molecule has 1 aliphatic heterocycles. The molecular formula is C14H21ClF2N2. The minimum absolute atomic E-state index is 0. The van der Waals surface area contributed by atoms with Crippen LogP contribution in [0.5, 0.6) is 0 Å². The van der Waals surface area contributed by atoms with E-state index in [9.17, 15) is 8.78 Å². The lowest BCUT2D eigenvalue weighted by molar-refractivity contribution is 0.158. The van der Waals surface area contributed by atoms with Crippen molar-refractivity contribution >= 4 is 12.4 Å². The minimum Gasteiger partial charge on any atom is -0.314 e. The molecule has 0 aliphatic carbocycles. The van der Waals surface area contributed by atoms with Crippen LogP contribution in [0.15, 0.2) is 18.2 Å². The van der Waals surface area contributed by atoms with Gasteiger partial charge >= 0.3 is 0 Å². The van der Waals surface area contributed by atoms with E-state index < -0.39 is 11.6 Å². The van der Waals surface area contributed by atoms with Crippen molar-refractivity contribution in [2.75, 3.05) is 26.2 Å². The number of rotatable bonds is 4. The van der Waals surface area contributed by atoms with Gasteiger partial charge in [0, 0.05) is 37.8 Å². The van der Waals surface area contributed by atoms with Crippen molar-refractivity contribution < 1.29 is 8.78 Å². The van der Waals surface area contributed by atoms with Crippen LogP contribution in [0, 0.1) is 11.6 Å². The number of hydrogen-bond donors (Lipinski definition) is 1. The van der Waals surface area contributed by atoms with Gasteiger partial charge in [-0.2, -0.15) is 0 Å². The van der Waals surface area contributed by atoms with Crippen molar-refractivity contribution in [2.45, 2.75) is 25.8 Å². The number of nitrogens with zero attached hydrogens (tertiary/aromatic N) is 1. The largest absolute Gasteiger partial charge is 0.314 e. The number of halogens is 3. The molecule has 1 heterocycles. The van der Waals surface area contributed by atoms with Crippen molar-refractivity contribution in [1.82, 2.24) is 10.2 Å². The van der Waals surface area contributed by atoms with E-state index in [-0.39, 0.29) is 24.0 Å². The second kappa shape index (κ2) is 7.78. The zero-order chi connectivity index (χ0) is 13.0. The monoisotopic (exact) mass is 290 g/mol. The fourth-order valence-corrected chi connectivity index (χ4v) is 2.61. The summed E-state index contributed by atoms with van der Waals surface area (Å²) in [7, 11) is 0. The summed E-state index contributed by atoms with van der Waals surface area (Å²) in [6.45, 7) is 5.51. The molecule has 19 heavy (non-hydrogen) atoms. The van der Waals surface area contributed by atoms with E-state index in [4.69, 9.17) is 0 Å². The van der Waals surface area contributed by atoms with Crippen molar-refractivity contribution in [1.29, 1.82) is 0 Å². The topological polar surface area (TPSA) is 15.3 Å². The van der Waals surface area contributed by atoms with Crippen LogP contribution in [0.4, 0.5) is 8.78 Å². The highest BCUT2D eigenvalue weighted by Crippen LogP contribution is 2.30. The van der Waals surface area contributed by atoms with Gasteiger partial charge in [0.2, 0.25) is 0 Å². The summed E-state index contributed by atoms with van der Waals surface area (Å²) in [5.74, 6) is -0.848. The third-order valence-electron chi connectivity index (χ3n) is 3.49. The molecule has 0 unspecified atom stereocenters. The quantitative estimate of drug-likeness (QED) is 0.916. The zero-order valence-corrected chi connectivity index (χ0v) is 12.0. The van der Waals surface area contributed by atoms with Gasteiger partial charge in [-0.25, -0.2) is 8.78 Å². The Morgan fingerprint density at radius 1 is 1.21 bits per heavy atom. The van der Waals surface area contributed by atoms with Crippen LogP contribution in [0.1, 0.15) is 31.4 Å². The summed E-state index contributed by atoms with van der Waals surface area (Å²) in [6.07, 6.45) is 1.71. The van der Waals surface area contributed by atoms with E-state index in [0.717, 1.165) is 39.0 Å². The van der Waals surface area contributed by atoms with Gasteiger partial charge in [0.05, 0.1) is 0 Å². The van der Waals surface area contributed by atoms with Crippen molar-refractivity contribution in [2.24, 2.45) is 0 Å². The summed E-state index contributed by atoms with van der Waals surface area (Å²) < 4.78 is 27.8. The summed E-state index contributed by atoms with van der Waals surface area (Å²) in [6, 6.07) is 3.99. The van der Waals surface area contributed by atoms with E-state index in [2.05, 4.69) is 10.2 Å². The van der Waals surface area contributed by atoms with Crippen molar-refractivity contribution in [3.05, 3.63) is 35.4 Å². The van der Waals surface area contributed by atoms with Crippen LogP contribution in [-0.2, 0) is 0 Å². The highest BCUT2D eigenvalue weighted by Gasteiger charge is 2.26. The molecule has 1 aromatic carbocycles. The maximum Gasteiger partial charge on any atom is 0.130 e. The Hall–Kier alpha value is -0.710. The third-order valence-corrected chi connectivity index (χ3v) is 3.49. The molecule has 0 saturated carbocycles. The van der Waals surface area contributed by atoms with E-state index >= 15 is 0 Å². The molecule has 1 N–H and O–H groups in total. The molecule has 1 fully saturated rings. The van der Waals surface area contributed by atoms with Crippen LogP contribution in [0.25, 0.3) is 0 Å². The summed E-state index contributed by atoms with van der Waals surface area (Å²) in [4.78, 5) is 2.18. The fraction of sp³-hybridized carbons (Fsp3) is 0.571. The lowest BCUT2D eigenvalue weighted by Gasteiger charge is -2.35. The lowest BCUT2D eigenvalue weighted by Crippen LogP contribution is -2.45. The van der Waals surface area contributed by atoms with Crippen LogP contribution in [0.3, 0.4) is 0 Å². The van der Waals surface area contributed by atoms with Gasteiger partial charge in [0.1, 0.15) is 11.6 Å². The number of benzene rings is 1. The van der Waals surface area contributed by atoms with Gasteiger partial charge in [-0.1, -0.05) is 19.4 Å². The Morgan fingerprint density at radius 2 is 1.79 bits per heavy atom. The van der Waals surface area contributed by atoms with Crippen LogP contribution in [0.2, 0.25) is 0 Å². The predicted molar refractivity (Wildman–Crippen MR) is 75.7 cm³/mol. The second-order valence-corrected chi connectivity index (χ2v) is 4.73. The minimum atomic E-state index is -0.424.